The van der Waals surface area contributed by atoms with Gasteiger partial charge in [-0.2, -0.15) is 0 Å². The summed E-state index contributed by atoms with van der Waals surface area (Å²) >= 11 is 0. The van der Waals surface area contributed by atoms with Crippen LogP contribution in [0.15, 0.2) is 170 Å². The second kappa shape index (κ2) is 12.8. The Balaban J connectivity index is 0.000000216. The van der Waals surface area contributed by atoms with E-state index in [1.807, 2.05) is 148 Å². The molecule has 9 rings (SSSR count). The molecule has 2 aliphatic rings. The fourth-order valence-corrected chi connectivity index (χ4v) is 6.90. The number of nitrogens with zero attached hydrogens (tertiary/aromatic N) is 2. The van der Waals surface area contributed by atoms with Gasteiger partial charge in [0, 0.05) is 47.0 Å². The monoisotopic (exact) mass is 624 g/mol. The Morgan fingerprint density at radius 1 is 0.375 bits per heavy atom. The van der Waals surface area contributed by atoms with Gasteiger partial charge in [0.15, 0.2) is 0 Å². The van der Waals surface area contributed by atoms with Gasteiger partial charge < -0.3 is 10.2 Å². The van der Waals surface area contributed by atoms with Crippen molar-refractivity contribution in [3.8, 4) is 22.3 Å². The molecule has 0 fully saturated rings. The minimum atomic E-state index is -1.24. The zero-order valence-corrected chi connectivity index (χ0v) is 27.0. The van der Waals surface area contributed by atoms with Gasteiger partial charge >= 0.3 is 0 Å². The van der Waals surface area contributed by atoms with E-state index in [0.29, 0.717) is 0 Å². The van der Waals surface area contributed by atoms with Gasteiger partial charge in [-0.3, -0.25) is 9.97 Å². The second-order valence-corrected chi connectivity index (χ2v) is 12.2. The van der Waals surface area contributed by atoms with E-state index < -0.39 is 11.2 Å². The molecule has 2 aliphatic carbocycles. The number of fused-ring (bicyclic) bond motifs is 6. The van der Waals surface area contributed by atoms with E-state index in [0.717, 1.165) is 55.6 Å². The van der Waals surface area contributed by atoms with Crippen LogP contribution in [0.5, 0.6) is 0 Å². The van der Waals surface area contributed by atoms with E-state index in [9.17, 15) is 10.2 Å². The molecule has 0 spiro atoms. The smallest absolute Gasteiger partial charge is 0.141 e. The molecule has 0 radical (unpaired) electrons. The largest absolute Gasteiger partial charge is 0.376 e. The van der Waals surface area contributed by atoms with Crippen LogP contribution < -0.4 is 0 Å². The molecule has 234 valence electrons. The first kappa shape index (κ1) is 30.9. The van der Waals surface area contributed by atoms with Gasteiger partial charge in [-0.15, -0.1) is 0 Å². The summed E-state index contributed by atoms with van der Waals surface area (Å²) < 4.78 is 0. The molecule has 0 saturated carbocycles. The number of aliphatic hydroxyl groups is 2. The van der Waals surface area contributed by atoms with Crippen LogP contribution in [0.2, 0.25) is 0 Å². The van der Waals surface area contributed by atoms with Gasteiger partial charge in [0.2, 0.25) is 0 Å². The maximum atomic E-state index is 12.1. The third kappa shape index (κ3) is 5.31. The average Bonchev–Trinajstić information content (AvgIpc) is 3.57. The summed E-state index contributed by atoms with van der Waals surface area (Å²) in [7, 11) is 0. The number of aromatic nitrogens is 2. The summed E-state index contributed by atoms with van der Waals surface area (Å²) in [5.74, 6) is 0. The summed E-state index contributed by atoms with van der Waals surface area (Å²) in [6.07, 6.45) is 7.21. The Morgan fingerprint density at radius 3 is 0.896 bits per heavy atom. The Bertz CT molecular complexity index is 1930. The summed E-state index contributed by atoms with van der Waals surface area (Å²) in [5, 5.41) is 24.3. The summed E-state index contributed by atoms with van der Waals surface area (Å²) in [5.41, 5.74) is 9.31. The van der Waals surface area contributed by atoms with Gasteiger partial charge in [-0.1, -0.05) is 133 Å². The molecule has 4 nitrogen and oxygen atoms in total. The zero-order chi connectivity index (χ0) is 33.1. The quantitative estimate of drug-likeness (QED) is 0.202. The Morgan fingerprint density at radius 2 is 0.667 bits per heavy atom. The van der Waals surface area contributed by atoms with Crippen LogP contribution in [-0.4, -0.2) is 20.2 Å². The molecule has 2 aromatic heterocycles. The number of pyridine rings is 2. The van der Waals surface area contributed by atoms with Crippen LogP contribution >= 0.6 is 0 Å². The van der Waals surface area contributed by atoms with Crippen molar-refractivity contribution in [3.05, 3.63) is 215 Å². The molecule has 0 aliphatic heterocycles. The van der Waals surface area contributed by atoms with Gasteiger partial charge in [0.25, 0.3) is 0 Å². The number of hydrogen-bond acceptors (Lipinski definition) is 4. The van der Waals surface area contributed by atoms with Crippen LogP contribution in [0, 0.1) is 13.8 Å². The van der Waals surface area contributed by atoms with E-state index in [2.05, 4.69) is 34.2 Å². The zero-order valence-electron chi connectivity index (χ0n) is 27.0. The molecule has 2 N–H and O–H groups in total. The van der Waals surface area contributed by atoms with Gasteiger partial charge in [0.05, 0.1) is 0 Å². The lowest BCUT2D eigenvalue weighted by Crippen LogP contribution is -2.28. The van der Waals surface area contributed by atoms with Crippen molar-refractivity contribution in [2.24, 2.45) is 0 Å². The summed E-state index contributed by atoms with van der Waals surface area (Å²) in [4.78, 5) is 7.77. The molecule has 0 amide bonds. The number of aryl methyl sites for hydroxylation is 2. The first-order chi connectivity index (χ1) is 23.4. The molecular formula is C44H36N2O2. The van der Waals surface area contributed by atoms with Crippen LogP contribution in [-0.2, 0) is 11.2 Å². The fourth-order valence-electron chi connectivity index (χ4n) is 6.90. The molecule has 0 bridgehead atoms. The van der Waals surface area contributed by atoms with E-state index in [1.165, 1.54) is 11.1 Å². The molecule has 4 heteroatoms. The molecular weight excluding hydrogens is 588 g/mol. The van der Waals surface area contributed by atoms with Gasteiger partial charge in [-0.25, -0.2) is 0 Å². The van der Waals surface area contributed by atoms with Gasteiger partial charge in [-0.05, 0) is 70.5 Å². The van der Waals surface area contributed by atoms with Crippen molar-refractivity contribution in [2.75, 3.05) is 0 Å². The molecule has 5 aromatic carbocycles. The minimum Gasteiger partial charge on any atom is -0.376 e. The number of rotatable bonds is 2. The lowest BCUT2D eigenvalue weighted by Gasteiger charge is -2.29. The van der Waals surface area contributed by atoms with Crippen LogP contribution in [0.25, 0.3) is 22.3 Å². The Hall–Kier alpha value is -5.68. The third-order valence-electron chi connectivity index (χ3n) is 9.19. The number of hydrogen-bond donors (Lipinski definition) is 2. The highest BCUT2D eigenvalue weighted by molar-refractivity contribution is 5.83. The maximum absolute atomic E-state index is 12.1. The highest BCUT2D eigenvalue weighted by Crippen LogP contribution is 2.53. The Labute approximate surface area is 281 Å². The predicted octanol–water partition coefficient (Wildman–Crippen LogP) is 9.00. The van der Waals surface area contributed by atoms with Crippen molar-refractivity contribution in [1.29, 1.82) is 0 Å². The van der Waals surface area contributed by atoms with E-state index in [1.54, 1.807) is 12.4 Å². The molecule has 0 saturated heterocycles. The van der Waals surface area contributed by atoms with Crippen LogP contribution in [0.3, 0.4) is 0 Å². The topological polar surface area (TPSA) is 66.2 Å². The van der Waals surface area contributed by atoms with Crippen molar-refractivity contribution in [3.63, 3.8) is 0 Å². The van der Waals surface area contributed by atoms with Crippen molar-refractivity contribution in [1.82, 2.24) is 9.97 Å². The highest BCUT2D eigenvalue weighted by Gasteiger charge is 2.45. The Kier molecular flexibility index (Phi) is 8.28. The fraction of sp³-hybridized carbons (Fsp3) is 0.0909. The summed E-state index contributed by atoms with van der Waals surface area (Å²) in [6.45, 7) is 4.04. The molecule has 0 unspecified atom stereocenters. The van der Waals surface area contributed by atoms with Crippen molar-refractivity contribution >= 4 is 0 Å². The van der Waals surface area contributed by atoms with Crippen LogP contribution in [0.4, 0.5) is 0 Å². The lowest BCUT2D eigenvalue weighted by atomic mass is 9.80. The van der Waals surface area contributed by atoms with E-state index in [4.69, 9.17) is 0 Å². The highest BCUT2D eigenvalue weighted by atomic mass is 16.3. The molecule has 7 aromatic rings. The first-order valence-corrected chi connectivity index (χ1v) is 16.1. The normalized spacial score (nSPS) is 13.8. The lowest BCUT2D eigenvalue weighted by molar-refractivity contribution is 0.126. The van der Waals surface area contributed by atoms with Crippen LogP contribution in [0.1, 0.15) is 44.5 Å². The van der Waals surface area contributed by atoms with Crippen molar-refractivity contribution in [2.45, 2.75) is 25.0 Å². The molecule has 0 atom stereocenters. The first-order valence-electron chi connectivity index (χ1n) is 16.1. The standard InChI is InChI=1S/C32H22O2.2C6H7N/c33-31(27-13-5-1-9-23(27)24-10-2-6-14-28(24)31)21-17-19-22(20-18-21)32(34)29-15-7-3-11-25(29)26-12-4-8-16-30(26)32;2*1-6-3-2-4-7-5-6/h1-20,33-34H;2*2-5H,1H3. The molecule has 2 heterocycles. The summed E-state index contributed by atoms with van der Waals surface area (Å²) in [6, 6.07) is 47.9. The SMILES string of the molecule is Cc1cccnc1.Cc1cccnc1.OC1(c2ccc(C3(O)c4ccccc4-c4ccccc43)cc2)c2ccccc2-c2ccccc21. The van der Waals surface area contributed by atoms with E-state index >= 15 is 0 Å². The number of benzene rings is 5. The minimum absolute atomic E-state index is 0.789. The second-order valence-electron chi connectivity index (χ2n) is 12.2. The van der Waals surface area contributed by atoms with E-state index in [-0.39, 0.29) is 0 Å². The van der Waals surface area contributed by atoms with Gasteiger partial charge in [0.1, 0.15) is 11.2 Å². The molecule has 48 heavy (non-hydrogen) atoms. The predicted molar refractivity (Wildman–Crippen MR) is 192 cm³/mol. The third-order valence-corrected chi connectivity index (χ3v) is 9.19. The van der Waals surface area contributed by atoms with Crippen molar-refractivity contribution < 1.29 is 10.2 Å². The average molecular weight is 625 g/mol. The maximum Gasteiger partial charge on any atom is 0.141 e.